The molecular weight excluding hydrogens is 451 g/mol. The standard InChI is InChI=1S/C24H30Cl2N2O2S/c1-5-22(24(30)27-13-16(2)3)28(14-18-8-11-20(25)21(26)12-18)23(29)15-31-19-9-6-17(4)7-10-19/h6-12,16,22H,5,13-15H2,1-4H3,(H,27,30)/t22-/m0/s1. The molecule has 0 aromatic heterocycles. The Morgan fingerprint density at radius 1 is 1.06 bits per heavy atom. The molecule has 0 radical (unpaired) electrons. The van der Waals surface area contributed by atoms with Crippen LogP contribution in [-0.2, 0) is 16.1 Å². The minimum atomic E-state index is -0.556. The lowest BCUT2D eigenvalue weighted by Gasteiger charge is -2.31. The van der Waals surface area contributed by atoms with Gasteiger partial charge in [-0.15, -0.1) is 11.8 Å². The van der Waals surface area contributed by atoms with Gasteiger partial charge in [-0.2, -0.15) is 0 Å². The number of rotatable bonds is 10. The number of hydrogen-bond donors (Lipinski definition) is 1. The molecule has 0 aliphatic carbocycles. The molecule has 0 aliphatic heterocycles. The zero-order valence-corrected chi connectivity index (χ0v) is 20.8. The molecule has 0 spiro atoms. The van der Waals surface area contributed by atoms with Crippen molar-refractivity contribution in [3.8, 4) is 0 Å². The first-order chi connectivity index (χ1) is 14.7. The molecule has 0 saturated carbocycles. The monoisotopic (exact) mass is 480 g/mol. The summed E-state index contributed by atoms with van der Waals surface area (Å²) in [4.78, 5) is 28.8. The highest BCUT2D eigenvalue weighted by atomic mass is 35.5. The second-order valence-corrected chi connectivity index (χ2v) is 9.80. The summed E-state index contributed by atoms with van der Waals surface area (Å²) in [5, 5.41) is 3.85. The van der Waals surface area contributed by atoms with Crippen molar-refractivity contribution in [3.05, 3.63) is 63.6 Å². The van der Waals surface area contributed by atoms with E-state index in [0.717, 1.165) is 10.5 Å². The van der Waals surface area contributed by atoms with E-state index >= 15 is 0 Å². The third-order valence-electron chi connectivity index (χ3n) is 4.79. The highest BCUT2D eigenvalue weighted by molar-refractivity contribution is 8.00. The summed E-state index contributed by atoms with van der Waals surface area (Å²) in [7, 11) is 0. The molecular formula is C24H30Cl2N2O2S. The molecule has 2 aromatic carbocycles. The molecule has 0 fully saturated rings. The maximum Gasteiger partial charge on any atom is 0.242 e. The Morgan fingerprint density at radius 2 is 1.74 bits per heavy atom. The molecule has 2 aromatic rings. The number of thioether (sulfide) groups is 1. The van der Waals surface area contributed by atoms with Crippen LogP contribution in [0.5, 0.6) is 0 Å². The second kappa shape index (κ2) is 12.4. The number of benzene rings is 2. The van der Waals surface area contributed by atoms with Gasteiger partial charge in [-0.1, -0.05) is 67.7 Å². The van der Waals surface area contributed by atoms with Gasteiger partial charge in [-0.25, -0.2) is 0 Å². The molecule has 0 saturated heterocycles. The third-order valence-corrected chi connectivity index (χ3v) is 6.53. The maximum atomic E-state index is 13.2. The predicted molar refractivity (Wildman–Crippen MR) is 131 cm³/mol. The Balaban J connectivity index is 2.21. The molecule has 31 heavy (non-hydrogen) atoms. The van der Waals surface area contributed by atoms with E-state index in [9.17, 15) is 9.59 Å². The van der Waals surface area contributed by atoms with E-state index in [0.29, 0.717) is 28.9 Å². The lowest BCUT2D eigenvalue weighted by Crippen LogP contribution is -2.50. The number of amides is 2. The van der Waals surface area contributed by atoms with Crippen LogP contribution in [-0.4, -0.2) is 35.1 Å². The fourth-order valence-corrected chi connectivity index (χ4v) is 4.14. The zero-order chi connectivity index (χ0) is 23.0. The molecule has 0 unspecified atom stereocenters. The Kier molecular flexibility index (Phi) is 10.2. The van der Waals surface area contributed by atoms with Gasteiger partial charge in [0.1, 0.15) is 6.04 Å². The summed E-state index contributed by atoms with van der Waals surface area (Å²) in [6, 6.07) is 12.8. The second-order valence-electron chi connectivity index (χ2n) is 7.93. The van der Waals surface area contributed by atoms with E-state index in [2.05, 4.69) is 5.32 Å². The van der Waals surface area contributed by atoms with Crippen LogP contribution in [0.15, 0.2) is 47.4 Å². The largest absolute Gasteiger partial charge is 0.354 e. The van der Waals surface area contributed by atoms with Crippen molar-refractivity contribution in [2.24, 2.45) is 5.92 Å². The first-order valence-electron chi connectivity index (χ1n) is 10.4. The Morgan fingerprint density at radius 3 is 2.32 bits per heavy atom. The van der Waals surface area contributed by atoms with Crippen molar-refractivity contribution < 1.29 is 9.59 Å². The molecule has 4 nitrogen and oxygen atoms in total. The lowest BCUT2D eigenvalue weighted by atomic mass is 10.1. The smallest absolute Gasteiger partial charge is 0.242 e. The van der Waals surface area contributed by atoms with Crippen LogP contribution in [0.25, 0.3) is 0 Å². The number of carbonyl (C=O) groups is 2. The molecule has 2 amide bonds. The fourth-order valence-electron chi connectivity index (χ4n) is 3.04. The first kappa shape index (κ1) is 25.6. The number of aryl methyl sites for hydroxylation is 1. The van der Waals surface area contributed by atoms with Gasteiger partial charge >= 0.3 is 0 Å². The van der Waals surface area contributed by atoms with Crippen LogP contribution in [0.1, 0.15) is 38.3 Å². The van der Waals surface area contributed by atoms with E-state index < -0.39 is 6.04 Å². The first-order valence-corrected chi connectivity index (χ1v) is 12.2. The van der Waals surface area contributed by atoms with Gasteiger partial charge in [0, 0.05) is 18.0 Å². The molecule has 168 valence electrons. The van der Waals surface area contributed by atoms with Crippen LogP contribution in [0.4, 0.5) is 0 Å². The summed E-state index contributed by atoms with van der Waals surface area (Å²) >= 11 is 13.7. The van der Waals surface area contributed by atoms with Gasteiger partial charge in [0.25, 0.3) is 0 Å². The summed E-state index contributed by atoms with van der Waals surface area (Å²) in [6.07, 6.45) is 0.520. The topological polar surface area (TPSA) is 49.4 Å². The molecule has 0 aliphatic rings. The van der Waals surface area contributed by atoms with Crippen molar-refractivity contribution in [3.63, 3.8) is 0 Å². The average molecular weight is 481 g/mol. The van der Waals surface area contributed by atoms with Crippen LogP contribution >= 0.6 is 35.0 Å². The number of hydrogen-bond acceptors (Lipinski definition) is 3. The van der Waals surface area contributed by atoms with Crippen LogP contribution < -0.4 is 5.32 Å². The predicted octanol–water partition coefficient (Wildman–Crippen LogP) is 5.97. The number of halogens is 2. The molecule has 2 rings (SSSR count). The van der Waals surface area contributed by atoms with E-state index in [-0.39, 0.29) is 24.1 Å². The van der Waals surface area contributed by atoms with Gasteiger partial charge in [-0.05, 0) is 49.1 Å². The summed E-state index contributed by atoms with van der Waals surface area (Å²) < 4.78 is 0. The van der Waals surface area contributed by atoms with Gasteiger partial charge < -0.3 is 10.2 Å². The van der Waals surface area contributed by atoms with Crippen LogP contribution in [0, 0.1) is 12.8 Å². The average Bonchev–Trinajstić information content (AvgIpc) is 2.74. The summed E-state index contributed by atoms with van der Waals surface area (Å²) in [6.45, 7) is 8.89. The highest BCUT2D eigenvalue weighted by Crippen LogP contribution is 2.25. The fraction of sp³-hybridized carbons (Fsp3) is 0.417. The van der Waals surface area contributed by atoms with Gasteiger partial charge in [0.15, 0.2) is 0 Å². The van der Waals surface area contributed by atoms with E-state index in [1.54, 1.807) is 17.0 Å². The van der Waals surface area contributed by atoms with Crippen molar-refractivity contribution in [2.75, 3.05) is 12.3 Å². The van der Waals surface area contributed by atoms with Crippen molar-refractivity contribution >= 4 is 46.8 Å². The Bertz CT molecular complexity index is 888. The highest BCUT2D eigenvalue weighted by Gasteiger charge is 2.28. The van der Waals surface area contributed by atoms with Crippen molar-refractivity contribution in [2.45, 2.75) is 51.6 Å². The Hall–Kier alpha value is -1.69. The molecule has 7 heteroatoms. The minimum Gasteiger partial charge on any atom is -0.354 e. The van der Waals surface area contributed by atoms with E-state index in [1.165, 1.54) is 17.3 Å². The minimum absolute atomic E-state index is 0.0943. The van der Waals surface area contributed by atoms with Crippen molar-refractivity contribution in [1.29, 1.82) is 0 Å². The number of nitrogens with one attached hydrogen (secondary N) is 1. The molecule has 1 atom stereocenters. The van der Waals surface area contributed by atoms with Gasteiger partial charge in [0.2, 0.25) is 11.8 Å². The van der Waals surface area contributed by atoms with Crippen LogP contribution in [0.3, 0.4) is 0 Å². The molecule has 0 heterocycles. The SMILES string of the molecule is CC[C@@H](C(=O)NCC(C)C)N(Cc1ccc(Cl)c(Cl)c1)C(=O)CSc1ccc(C)cc1. The van der Waals surface area contributed by atoms with Gasteiger partial charge in [0.05, 0.1) is 15.8 Å². The summed E-state index contributed by atoms with van der Waals surface area (Å²) in [5.74, 6) is 0.351. The van der Waals surface area contributed by atoms with E-state index in [4.69, 9.17) is 23.2 Å². The summed E-state index contributed by atoms with van der Waals surface area (Å²) in [5.41, 5.74) is 2.00. The van der Waals surface area contributed by atoms with E-state index in [1.807, 2.05) is 58.0 Å². The zero-order valence-electron chi connectivity index (χ0n) is 18.5. The Labute approximate surface area is 199 Å². The third kappa shape index (κ3) is 8.06. The lowest BCUT2D eigenvalue weighted by molar-refractivity contribution is -0.139. The van der Waals surface area contributed by atoms with Gasteiger partial charge in [-0.3, -0.25) is 9.59 Å². The molecule has 1 N–H and O–H groups in total. The number of nitrogens with zero attached hydrogens (tertiary/aromatic N) is 1. The maximum absolute atomic E-state index is 13.2. The quantitative estimate of drug-likeness (QED) is 0.425. The van der Waals surface area contributed by atoms with Crippen LogP contribution in [0.2, 0.25) is 10.0 Å². The molecule has 0 bridgehead atoms. The van der Waals surface area contributed by atoms with Crippen molar-refractivity contribution in [1.82, 2.24) is 10.2 Å². The number of carbonyl (C=O) groups excluding carboxylic acids is 2. The normalized spacial score (nSPS) is 12.0.